The van der Waals surface area contributed by atoms with Crippen molar-refractivity contribution in [2.75, 3.05) is 32.8 Å². The zero-order valence-electron chi connectivity index (χ0n) is 20.0. The van der Waals surface area contributed by atoms with E-state index in [1.54, 1.807) is 17.0 Å². The van der Waals surface area contributed by atoms with Crippen LogP contribution in [0.3, 0.4) is 0 Å². The van der Waals surface area contributed by atoms with Crippen molar-refractivity contribution < 1.29 is 40.0 Å². The first kappa shape index (κ1) is 26.0. The van der Waals surface area contributed by atoms with E-state index in [1.807, 2.05) is 20.8 Å². The first-order valence-corrected chi connectivity index (χ1v) is 13.0. The van der Waals surface area contributed by atoms with Gasteiger partial charge in [0.2, 0.25) is 0 Å². The molecule has 0 saturated carbocycles. The number of para-hydroxylation sites is 1. The molecule has 3 aliphatic heterocycles. The fraction of sp³-hybridized carbons (Fsp3) is 0.696. The van der Waals surface area contributed by atoms with E-state index in [2.05, 4.69) is 9.08 Å². The van der Waals surface area contributed by atoms with Gasteiger partial charge in [-0.25, -0.2) is 4.79 Å². The van der Waals surface area contributed by atoms with Crippen LogP contribution in [0.5, 0.6) is 5.75 Å². The number of hydrogen-bond acceptors (Lipinski definition) is 7. The van der Waals surface area contributed by atoms with E-state index in [0.717, 1.165) is 6.42 Å². The molecule has 1 amide bonds. The van der Waals surface area contributed by atoms with Crippen molar-refractivity contribution in [3.63, 3.8) is 0 Å². The second-order valence-corrected chi connectivity index (χ2v) is 12.1. The SMILES string of the molecule is CC(C)(C)OC(=O)N1CC2(CC(N3CCC(c4ccccc4OS(=O)(=O)C(F)(F)F)CC3)CO2)C1. The smallest absolute Gasteiger partial charge is 0.444 e. The van der Waals surface area contributed by atoms with Gasteiger partial charge < -0.3 is 18.6 Å². The van der Waals surface area contributed by atoms with Crippen LogP contribution in [0.2, 0.25) is 0 Å². The molecule has 1 spiro atoms. The van der Waals surface area contributed by atoms with Crippen molar-refractivity contribution in [1.82, 2.24) is 9.80 Å². The Hall–Kier alpha value is -2.05. The van der Waals surface area contributed by atoms with Crippen molar-refractivity contribution in [1.29, 1.82) is 0 Å². The monoisotopic (exact) mass is 520 g/mol. The highest BCUT2D eigenvalue weighted by atomic mass is 32.2. The molecule has 0 radical (unpaired) electrons. The van der Waals surface area contributed by atoms with E-state index in [-0.39, 0.29) is 29.4 Å². The maximum atomic E-state index is 12.8. The summed E-state index contributed by atoms with van der Waals surface area (Å²) >= 11 is 0. The number of hydrogen-bond donors (Lipinski definition) is 0. The number of benzene rings is 1. The second kappa shape index (κ2) is 9.11. The highest BCUT2D eigenvalue weighted by Gasteiger charge is 2.53. The Bertz CT molecular complexity index is 1040. The Kier molecular flexibility index (Phi) is 6.78. The van der Waals surface area contributed by atoms with Crippen molar-refractivity contribution in [3.8, 4) is 5.75 Å². The normalized spacial score (nSPS) is 23.8. The van der Waals surface area contributed by atoms with Crippen molar-refractivity contribution in [2.24, 2.45) is 0 Å². The molecule has 0 bridgehead atoms. The minimum atomic E-state index is -5.73. The number of rotatable bonds is 4. The summed E-state index contributed by atoms with van der Waals surface area (Å²) in [5.74, 6) is -0.392. The third-order valence-corrected chi connectivity index (χ3v) is 7.65. The van der Waals surface area contributed by atoms with Gasteiger partial charge in [-0.3, -0.25) is 4.90 Å². The number of alkyl halides is 3. The fourth-order valence-electron chi connectivity index (χ4n) is 5.01. The van der Waals surface area contributed by atoms with Gasteiger partial charge in [-0.2, -0.15) is 21.6 Å². The van der Waals surface area contributed by atoms with Crippen LogP contribution in [-0.4, -0.2) is 79.8 Å². The van der Waals surface area contributed by atoms with Crippen molar-refractivity contribution >= 4 is 16.2 Å². The van der Waals surface area contributed by atoms with E-state index in [0.29, 0.717) is 51.2 Å². The van der Waals surface area contributed by atoms with E-state index in [1.165, 1.54) is 12.1 Å². The number of piperidine rings is 1. The molecule has 0 aliphatic carbocycles. The molecule has 3 fully saturated rings. The quantitative estimate of drug-likeness (QED) is 0.440. The molecule has 3 saturated heterocycles. The molecule has 1 unspecified atom stereocenters. The molecule has 1 aromatic rings. The second-order valence-electron chi connectivity index (χ2n) is 10.5. The van der Waals surface area contributed by atoms with Crippen LogP contribution in [0, 0.1) is 0 Å². The average Bonchev–Trinajstić information content (AvgIpc) is 3.17. The molecule has 1 atom stereocenters. The minimum Gasteiger partial charge on any atom is -0.444 e. The number of ether oxygens (including phenoxy) is 2. The summed E-state index contributed by atoms with van der Waals surface area (Å²) < 4.78 is 77.4. The number of carbonyl (C=O) groups excluding carboxylic acids is 1. The zero-order valence-corrected chi connectivity index (χ0v) is 20.8. The van der Waals surface area contributed by atoms with E-state index >= 15 is 0 Å². The molecule has 0 N–H and O–H groups in total. The lowest BCUT2D eigenvalue weighted by Gasteiger charge is -2.47. The van der Waals surface area contributed by atoms with Gasteiger partial charge in [0.15, 0.2) is 0 Å². The third-order valence-electron chi connectivity index (χ3n) is 6.69. The maximum absolute atomic E-state index is 12.8. The summed E-state index contributed by atoms with van der Waals surface area (Å²) in [6.07, 6.45) is 1.75. The summed E-state index contributed by atoms with van der Waals surface area (Å²) in [6, 6.07) is 6.18. The number of carbonyl (C=O) groups is 1. The fourth-order valence-corrected chi connectivity index (χ4v) is 5.50. The molecule has 1 aromatic carbocycles. The van der Waals surface area contributed by atoms with E-state index in [9.17, 15) is 26.4 Å². The molecule has 4 rings (SSSR count). The summed E-state index contributed by atoms with van der Waals surface area (Å²) in [7, 11) is -5.73. The van der Waals surface area contributed by atoms with E-state index < -0.39 is 21.2 Å². The highest BCUT2D eigenvalue weighted by molar-refractivity contribution is 7.88. The number of nitrogens with zero attached hydrogens (tertiary/aromatic N) is 2. The molecule has 196 valence electrons. The number of amides is 1. The molecule has 35 heavy (non-hydrogen) atoms. The molecule has 12 heteroatoms. The van der Waals surface area contributed by atoms with Gasteiger partial charge in [-0.05, 0) is 70.7 Å². The Morgan fingerprint density at radius 1 is 1.11 bits per heavy atom. The van der Waals surface area contributed by atoms with Crippen LogP contribution in [0.15, 0.2) is 24.3 Å². The standard InChI is InChI=1S/C23H31F3N2O6S/c1-21(2,3)33-20(29)28-14-22(15-28)12-17(13-32-22)27-10-8-16(9-11-27)18-6-4-5-7-19(18)34-35(30,31)23(24,25)26/h4-7,16-17H,8-15H2,1-3H3. The lowest BCUT2D eigenvalue weighted by molar-refractivity contribution is -0.109. The Morgan fingerprint density at radius 3 is 2.34 bits per heavy atom. The number of halogens is 3. The van der Waals surface area contributed by atoms with Crippen LogP contribution >= 0.6 is 0 Å². The predicted molar refractivity (Wildman–Crippen MR) is 120 cm³/mol. The molecule has 0 aromatic heterocycles. The van der Waals surface area contributed by atoms with Gasteiger partial charge in [-0.15, -0.1) is 0 Å². The number of likely N-dealkylation sites (tertiary alicyclic amines) is 2. The van der Waals surface area contributed by atoms with Gasteiger partial charge in [0, 0.05) is 6.04 Å². The minimum absolute atomic E-state index is 0.117. The van der Waals surface area contributed by atoms with Gasteiger partial charge >= 0.3 is 21.7 Å². The topological polar surface area (TPSA) is 85.4 Å². The zero-order chi connectivity index (χ0) is 25.6. The first-order valence-electron chi connectivity index (χ1n) is 11.6. The predicted octanol–water partition coefficient (Wildman–Crippen LogP) is 3.87. The summed E-state index contributed by atoms with van der Waals surface area (Å²) in [5, 5.41) is 0. The Labute approximate surface area is 203 Å². The molecule has 3 aliphatic rings. The van der Waals surface area contributed by atoms with Crippen LogP contribution in [0.25, 0.3) is 0 Å². The highest BCUT2D eigenvalue weighted by Crippen LogP contribution is 2.41. The largest absolute Gasteiger partial charge is 0.534 e. The molecule has 8 nitrogen and oxygen atoms in total. The van der Waals surface area contributed by atoms with Gasteiger partial charge in [0.25, 0.3) is 0 Å². The lowest BCUT2D eigenvalue weighted by atomic mass is 9.86. The third kappa shape index (κ3) is 5.69. The first-order chi connectivity index (χ1) is 16.2. The van der Waals surface area contributed by atoms with Gasteiger partial charge in [0.1, 0.15) is 17.0 Å². The van der Waals surface area contributed by atoms with Crippen LogP contribution < -0.4 is 4.18 Å². The van der Waals surface area contributed by atoms with Crippen molar-refractivity contribution in [2.45, 2.75) is 68.7 Å². The molecular weight excluding hydrogens is 489 g/mol. The van der Waals surface area contributed by atoms with E-state index in [4.69, 9.17) is 9.47 Å². The lowest BCUT2D eigenvalue weighted by Crippen LogP contribution is -2.64. The summed E-state index contributed by atoms with van der Waals surface area (Å²) in [6.45, 7) is 8.41. The van der Waals surface area contributed by atoms with Gasteiger partial charge in [0.05, 0.1) is 19.7 Å². The van der Waals surface area contributed by atoms with Crippen LogP contribution in [0.1, 0.15) is 51.5 Å². The molecule has 3 heterocycles. The van der Waals surface area contributed by atoms with Crippen molar-refractivity contribution in [3.05, 3.63) is 29.8 Å². The average molecular weight is 521 g/mol. The Morgan fingerprint density at radius 2 is 1.74 bits per heavy atom. The van der Waals surface area contributed by atoms with Crippen LogP contribution in [0.4, 0.5) is 18.0 Å². The summed E-state index contributed by atoms with van der Waals surface area (Å²) in [4.78, 5) is 16.2. The van der Waals surface area contributed by atoms with Crippen LogP contribution in [-0.2, 0) is 19.6 Å². The molecular formula is C23H31F3N2O6S. The Balaban J connectivity index is 1.31. The summed E-state index contributed by atoms with van der Waals surface area (Å²) in [5.41, 5.74) is -5.93. The van der Waals surface area contributed by atoms with Gasteiger partial charge in [-0.1, -0.05) is 18.2 Å². The maximum Gasteiger partial charge on any atom is 0.534 e.